The summed E-state index contributed by atoms with van der Waals surface area (Å²) in [6, 6.07) is 18.7. The normalized spacial score (nSPS) is 11.3. The van der Waals surface area contributed by atoms with Crippen molar-refractivity contribution in [3.8, 4) is 0 Å². The Bertz CT molecular complexity index is 975. The lowest BCUT2D eigenvalue weighted by Crippen LogP contribution is -2.13. The van der Waals surface area contributed by atoms with E-state index in [-0.39, 0.29) is 0 Å². The molecule has 108 valence electrons. The van der Waals surface area contributed by atoms with E-state index in [1.54, 1.807) is 6.92 Å². The first-order valence-electron chi connectivity index (χ1n) is 7.38. The van der Waals surface area contributed by atoms with Crippen molar-refractivity contribution in [3.05, 3.63) is 54.6 Å². The predicted octanol–water partition coefficient (Wildman–Crippen LogP) is 5.15. The number of benzene rings is 4. The van der Waals surface area contributed by atoms with Gasteiger partial charge in [0.1, 0.15) is 0 Å². The Kier molecular flexibility index (Phi) is 2.86. The molecule has 1 N–H and O–H groups in total. The van der Waals surface area contributed by atoms with E-state index in [1.165, 1.54) is 26.9 Å². The van der Waals surface area contributed by atoms with Gasteiger partial charge in [0.05, 0.1) is 12.3 Å². The smallest absolute Gasteiger partial charge is 0.411 e. The van der Waals surface area contributed by atoms with E-state index < -0.39 is 6.09 Å². The number of nitrogens with one attached hydrogen (secondary N) is 1. The molecule has 3 heteroatoms. The molecule has 0 unspecified atom stereocenters. The fraction of sp³-hybridized carbons (Fsp3) is 0.105. The number of hydrogen-bond acceptors (Lipinski definition) is 2. The van der Waals surface area contributed by atoms with Crippen LogP contribution in [-0.4, -0.2) is 12.7 Å². The minimum Gasteiger partial charge on any atom is -0.450 e. The Hall–Kier alpha value is -2.81. The zero-order valence-corrected chi connectivity index (χ0v) is 12.2. The number of carbonyl (C=O) groups is 1. The third-order valence-corrected chi connectivity index (χ3v) is 4.04. The molecule has 0 aliphatic rings. The maximum atomic E-state index is 11.7. The van der Waals surface area contributed by atoms with Gasteiger partial charge in [0.25, 0.3) is 0 Å². The molecule has 1 amide bonds. The molecule has 22 heavy (non-hydrogen) atoms. The third-order valence-electron chi connectivity index (χ3n) is 4.04. The molecule has 0 aliphatic heterocycles. The van der Waals surface area contributed by atoms with Crippen LogP contribution in [0.4, 0.5) is 10.5 Å². The summed E-state index contributed by atoms with van der Waals surface area (Å²) in [6.45, 7) is 2.15. The van der Waals surface area contributed by atoms with Gasteiger partial charge in [-0.1, -0.05) is 48.5 Å². The van der Waals surface area contributed by atoms with Crippen LogP contribution in [0.15, 0.2) is 54.6 Å². The van der Waals surface area contributed by atoms with Crippen molar-refractivity contribution in [2.75, 3.05) is 11.9 Å². The van der Waals surface area contributed by atoms with Crippen LogP contribution >= 0.6 is 0 Å². The molecular weight excluding hydrogens is 274 g/mol. The number of carbonyl (C=O) groups excluding carboxylic acids is 1. The van der Waals surface area contributed by atoms with Gasteiger partial charge in [0, 0.05) is 5.39 Å². The molecule has 0 saturated heterocycles. The molecule has 0 aromatic heterocycles. The molecule has 0 heterocycles. The highest BCUT2D eigenvalue weighted by Gasteiger charge is 2.12. The van der Waals surface area contributed by atoms with Crippen LogP contribution in [-0.2, 0) is 4.74 Å². The largest absolute Gasteiger partial charge is 0.450 e. The second kappa shape index (κ2) is 4.88. The average Bonchev–Trinajstić information content (AvgIpc) is 2.54. The lowest BCUT2D eigenvalue weighted by molar-refractivity contribution is 0.168. The summed E-state index contributed by atoms with van der Waals surface area (Å²) < 4.78 is 4.99. The van der Waals surface area contributed by atoms with Gasteiger partial charge in [0.15, 0.2) is 0 Å². The van der Waals surface area contributed by atoms with Gasteiger partial charge < -0.3 is 4.74 Å². The fourth-order valence-electron chi connectivity index (χ4n) is 3.12. The summed E-state index contributed by atoms with van der Waals surface area (Å²) >= 11 is 0. The Labute approximate surface area is 127 Å². The Morgan fingerprint density at radius 3 is 2.27 bits per heavy atom. The summed E-state index contributed by atoms with van der Waals surface area (Å²) in [7, 11) is 0. The van der Waals surface area contributed by atoms with Crippen molar-refractivity contribution in [2.24, 2.45) is 0 Å². The van der Waals surface area contributed by atoms with Crippen LogP contribution in [0.5, 0.6) is 0 Å². The van der Waals surface area contributed by atoms with E-state index in [0.29, 0.717) is 6.61 Å². The van der Waals surface area contributed by atoms with E-state index in [0.717, 1.165) is 11.1 Å². The fourth-order valence-corrected chi connectivity index (χ4v) is 3.12. The molecule has 0 bridgehead atoms. The topological polar surface area (TPSA) is 38.3 Å². The zero-order chi connectivity index (χ0) is 15.1. The molecule has 0 fully saturated rings. The summed E-state index contributed by atoms with van der Waals surface area (Å²) in [5.41, 5.74) is 0.782. The second-order valence-electron chi connectivity index (χ2n) is 5.31. The Morgan fingerprint density at radius 1 is 0.909 bits per heavy atom. The van der Waals surface area contributed by atoms with Gasteiger partial charge in [-0.15, -0.1) is 0 Å². The highest BCUT2D eigenvalue weighted by molar-refractivity contribution is 6.25. The molecule has 0 spiro atoms. The Balaban J connectivity index is 2.02. The van der Waals surface area contributed by atoms with Gasteiger partial charge in [-0.2, -0.15) is 0 Å². The first-order valence-corrected chi connectivity index (χ1v) is 7.38. The molecule has 0 aliphatic carbocycles. The van der Waals surface area contributed by atoms with E-state index >= 15 is 0 Å². The summed E-state index contributed by atoms with van der Waals surface area (Å²) in [5.74, 6) is 0. The number of anilines is 1. The van der Waals surface area contributed by atoms with Gasteiger partial charge in [-0.25, -0.2) is 4.79 Å². The second-order valence-corrected chi connectivity index (χ2v) is 5.31. The zero-order valence-electron chi connectivity index (χ0n) is 12.2. The van der Waals surface area contributed by atoms with Crippen molar-refractivity contribution >= 4 is 44.1 Å². The van der Waals surface area contributed by atoms with Crippen molar-refractivity contribution in [3.63, 3.8) is 0 Å². The maximum Gasteiger partial charge on any atom is 0.411 e. The highest BCUT2D eigenvalue weighted by Crippen LogP contribution is 2.37. The number of hydrogen-bond donors (Lipinski definition) is 1. The first kappa shape index (κ1) is 12.9. The van der Waals surface area contributed by atoms with Crippen LogP contribution in [0.3, 0.4) is 0 Å². The molecular formula is C19H15NO2. The van der Waals surface area contributed by atoms with E-state index in [2.05, 4.69) is 47.8 Å². The van der Waals surface area contributed by atoms with Gasteiger partial charge >= 0.3 is 6.09 Å². The van der Waals surface area contributed by atoms with E-state index in [4.69, 9.17) is 4.74 Å². The molecule has 4 aromatic carbocycles. The SMILES string of the molecule is CCOC(=O)Nc1ccc2ccc3cccc4ccc1c2c34. The lowest BCUT2D eigenvalue weighted by Gasteiger charge is -2.14. The van der Waals surface area contributed by atoms with Crippen molar-refractivity contribution in [1.82, 2.24) is 0 Å². The van der Waals surface area contributed by atoms with Gasteiger partial charge in [-0.3, -0.25) is 5.32 Å². The van der Waals surface area contributed by atoms with E-state index in [9.17, 15) is 4.79 Å². The molecule has 0 atom stereocenters. The maximum absolute atomic E-state index is 11.7. The van der Waals surface area contributed by atoms with Gasteiger partial charge in [-0.05, 0) is 39.9 Å². The predicted molar refractivity (Wildman–Crippen MR) is 90.8 cm³/mol. The minimum atomic E-state index is -0.419. The number of rotatable bonds is 2. The minimum absolute atomic E-state index is 0.359. The van der Waals surface area contributed by atoms with Gasteiger partial charge in [0.2, 0.25) is 0 Å². The van der Waals surface area contributed by atoms with Crippen molar-refractivity contribution in [1.29, 1.82) is 0 Å². The summed E-state index contributed by atoms with van der Waals surface area (Å²) in [4.78, 5) is 11.7. The summed E-state index contributed by atoms with van der Waals surface area (Å²) in [5, 5.41) is 9.90. The summed E-state index contributed by atoms with van der Waals surface area (Å²) in [6.07, 6.45) is -0.419. The molecule has 0 saturated carbocycles. The van der Waals surface area contributed by atoms with Crippen LogP contribution in [0.2, 0.25) is 0 Å². The van der Waals surface area contributed by atoms with Crippen molar-refractivity contribution < 1.29 is 9.53 Å². The average molecular weight is 289 g/mol. The number of amides is 1. The first-order chi connectivity index (χ1) is 10.8. The van der Waals surface area contributed by atoms with Crippen LogP contribution < -0.4 is 5.32 Å². The quantitative estimate of drug-likeness (QED) is 0.518. The van der Waals surface area contributed by atoms with Crippen LogP contribution in [0.1, 0.15) is 6.92 Å². The third kappa shape index (κ3) is 1.86. The monoisotopic (exact) mass is 289 g/mol. The number of ether oxygens (including phenoxy) is 1. The molecule has 3 nitrogen and oxygen atoms in total. The standard InChI is InChI=1S/C19H15NO2/c1-2-22-19(21)20-16-11-9-14-7-6-12-4-3-5-13-8-10-15(16)18(14)17(12)13/h3-11H,2H2,1H3,(H,20,21). The van der Waals surface area contributed by atoms with E-state index in [1.807, 2.05) is 12.1 Å². The van der Waals surface area contributed by atoms with Crippen molar-refractivity contribution in [2.45, 2.75) is 6.92 Å². The molecule has 4 rings (SSSR count). The van der Waals surface area contributed by atoms with Crippen LogP contribution in [0.25, 0.3) is 32.3 Å². The Morgan fingerprint density at radius 2 is 1.55 bits per heavy atom. The molecule has 4 aromatic rings. The lowest BCUT2D eigenvalue weighted by atomic mass is 9.93. The molecule has 0 radical (unpaired) electrons. The van der Waals surface area contributed by atoms with Crippen LogP contribution in [0, 0.1) is 0 Å². The highest BCUT2D eigenvalue weighted by atomic mass is 16.5.